The van der Waals surface area contributed by atoms with Gasteiger partial charge < -0.3 is 14.2 Å². The molecule has 3 atom stereocenters. The van der Waals surface area contributed by atoms with Crippen LogP contribution in [0.15, 0.2) is 45.3 Å². The van der Waals surface area contributed by atoms with E-state index in [2.05, 4.69) is 19.7 Å². The van der Waals surface area contributed by atoms with Crippen LogP contribution in [0.1, 0.15) is 33.1 Å². The van der Waals surface area contributed by atoms with Crippen molar-refractivity contribution in [1.82, 2.24) is 23.9 Å². The molecule has 0 amide bonds. The highest BCUT2D eigenvalue weighted by molar-refractivity contribution is 7.99. The Bertz CT molecular complexity index is 1370. The highest BCUT2D eigenvalue weighted by Crippen LogP contribution is 2.48. The molecule has 1 N–H and O–H groups in total. The molecular formula is C24H29ClN6O3S2. The maximum absolute atomic E-state index is 13.2. The first-order chi connectivity index (χ1) is 17.2. The topological polar surface area (TPSA) is 99.8 Å². The Labute approximate surface area is 221 Å². The van der Waals surface area contributed by atoms with Crippen molar-refractivity contribution in [2.45, 2.75) is 59.8 Å². The molecule has 12 heteroatoms. The van der Waals surface area contributed by atoms with Crippen molar-refractivity contribution < 1.29 is 9.29 Å². The second kappa shape index (κ2) is 8.92. The van der Waals surface area contributed by atoms with E-state index in [1.807, 2.05) is 32.2 Å². The summed E-state index contributed by atoms with van der Waals surface area (Å²) in [5, 5.41) is 4.75. The Hall–Kier alpha value is -1.76. The van der Waals surface area contributed by atoms with E-state index < -0.39 is 11.4 Å². The summed E-state index contributed by atoms with van der Waals surface area (Å²) in [7, 11) is 1.77. The summed E-state index contributed by atoms with van der Waals surface area (Å²) in [4.78, 5) is 21.4. The van der Waals surface area contributed by atoms with Gasteiger partial charge in [0.05, 0.1) is 46.6 Å². The fourth-order valence-corrected chi connectivity index (χ4v) is 8.18. The number of hydrogen-bond acceptors (Lipinski definition) is 8. The summed E-state index contributed by atoms with van der Waals surface area (Å²) in [5.74, 6) is 0.660. The number of nitrogens with one attached hydrogen (secondary N) is 1. The highest BCUT2D eigenvalue weighted by Gasteiger charge is 2.58. The SMILES string of the molecule is Cn1c(N2CCC3(CC2)CO[C@H]2CC(C)(C)[S+]([O-])N[C@H]23)ncc(Sc2ccn3nccc3c2Cl)c1=O. The van der Waals surface area contributed by atoms with Crippen LogP contribution in [0.3, 0.4) is 0 Å². The lowest BCUT2D eigenvalue weighted by molar-refractivity contribution is 0.0747. The fraction of sp³-hybridized carbons (Fsp3) is 0.542. The van der Waals surface area contributed by atoms with Crippen molar-refractivity contribution in [1.29, 1.82) is 0 Å². The third-order valence-electron chi connectivity index (χ3n) is 7.90. The Morgan fingerprint density at radius 1 is 1.28 bits per heavy atom. The Morgan fingerprint density at radius 3 is 2.83 bits per heavy atom. The molecule has 3 fully saturated rings. The maximum atomic E-state index is 13.2. The van der Waals surface area contributed by atoms with Gasteiger partial charge in [-0.05, 0) is 38.8 Å². The zero-order valence-electron chi connectivity index (χ0n) is 20.4. The van der Waals surface area contributed by atoms with Gasteiger partial charge in [0.15, 0.2) is 0 Å². The zero-order chi connectivity index (χ0) is 25.2. The van der Waals surface area contributed by atoms with Crippen LogP contribution >= 0.6 is 23.4 Å². The number of pyridine rings is 1. The minimum Gasteiger partial charge on any atom is -0.598 e. The lowest BCUT2D eigenvalue weighted by atomic mass is 9.72. The molecule has 0 aliphatic carbocycles. The molecular weight excluding hydrogens is 520 g/mol. The summed E-state index contributed by atoms with van der Waals surface area (Å²) in [6, 6.07) is 3.80. The van der Waals surface area contributed by atoms with E-state index in [0.29, 0.717) is 22.5 Å². The summed E-state index contributed by atoms with van der Waals surface area (Å²) in [6.45, 7) is 6.27. The van der Waals surface area contributed by atoms with E-state index in [1.165, 1.54) is 11.8 Å². The Kier molecular flexibility index (Phi) is 6.09. The molecule has 6 rings (SSSR count). The van der Waals surface area contributed by atoms with Crippen LogP contribution in [0.25, 0.3) is 5.52 Å². The number of ether oxygens (including phenoxy) is 1. The van der Waals surface area contributed by atoms with Gasteiger partial charge >= 0.3 is 0 Å². The predicted octanol–water partition coefficient (Wildman–Crippen LogP) is 3.02. The Balaban J connectivity index is 1.18. The van der Waals surface area contributed by atoms with Crippen molar-refractivity contribution in [2.24, 2.45) is 12.5 Å². The van der Waals surface area contributed by atoms with Gasteiger partial charge in [0, 0.05) is 54.4 Å². The Morgan fingerprint density at radius 2 is 2.06 bits per heavy atom. The molecule has 1 spiro atoms. The second-order valence-corrected chi connectivity index (χ2v) is 13.9. The summed E-state index contributed by atoms with van der Waals surface area (Å²) < 4.78 is 25.4. The summed E-state index contributed by atoms with van der Waals surface area (Å²) in [6.07, 6.45) is 7.85. The van der Waals surface area contributed by atoms with E-state index in [-0.39, 0.29) is 27.9 Å². The second-order valence-electron chi connectivity index (χ2n) is 10.6. The molecule has 6 heterocycles. The van der Waals surface area contributed by atoms with Crippen LogP contribution < -0.4 is 15.2 Å². The fourth-order valence-electron chi connectivity index (χ4n) is 5.69. The molecule has 0 saturated carbocycles. The van der Waals surface area contributed by atoms with Crippen molar-refractivity contribution in [3.05, 3.63) is 46.1 Å². The molecule has 0 radical (unpaired) electrons. The van der Waals surface area contributed by atoms with Crippen LogP contribution in [0.4, 0.5) is 5.95 Å². The molecule has 0 bridgehead atoms. The smallest absolute Gasteiger partial charge is 0.268 e. The molecule has 1 unspecified atom stereocenters. The van der Waals surface area contributed by atoms with Gasteiger partial charge in [0.25, 0.3) is 5.56 Å². The molecule has 3 saturated heterocycles. The van der Waals surface area contributed by atoms with Crippen LogP contribution in [0.2, 0.25) is 5.02 Å². The summed E-state index contributed by atoms with van der Waals surface area (Å²) in [5.41, 5.74) is 0.652. The highest BCUT2D eigenvalue weighted by atomic mass is 35.5. The van der Waals surface area contributed by atoms with Crippen molar-refractivity contribution in [3.8, 4) is 0 Å². The normalized spacial score (nSPS) is 27.0. The predicted molar refractivity (Wildman–Crippen MR) is 141 cm³/mol. The van der Waals surface area contributed by atoms with Crippen molar-refractivity contribution in [2.75, 3.05) is 24.6 Å². The number of aromatic nitrogens is 4. The summed E-state index contributed by atoms with van der Waals surface area (Å²) >= 11 is 6.79. The number of piperidine rings is 1. The van der Waals surface area contributed by atoms with Crippen LogP contribution in [-0.4, -0.2) is 60.3 Å². The number of halogens is 1. The van der Waals surface area contributed by atoms with Crippen molar-refractivity contribution >= 4 is 46.2 Å². The molecule has 3 aliphatic rings. The average Bonchev–Trinajstić information content (AvgIpc) is 3.46. The van der Waals surface area contributed by atoms with E-state index in [0.717, 1.165) is 42.8 Å². The number of hydrogen-bond donors (Lipinski definition) is 1. The van der Waals surface area contributed by atoms with Gasteiger partial charge in [0.2, 0.25) is 5.95 Å². The zero-order valence-corrected chi connectivity index (χ0v) is 22.8. The van der Waals surface area contributed by atoms with Crippen LogP contribution in [0, 0.1) is 5.41 Å². The van der Waals surface area contributed by atoms with Crippen LogP contribution in [0.5, 0.6) is 0 Å². The number of nitrogens with zero attached hydrogens (tertiary/aromatic N) is 5. The average molecular weight is 549 g/mol. The van der Waals surface area contributed by atoms with Gasteiger partial charge in [-0.1, -0.05) is 23.4 Å². The molecule has 3 aromatic rings. The molecule has 0 aromatic carbocycles. The number of fused-ring (bicyclic) bond motifs is 3. The minimum atomic E-state index is -1.09. The molecule has 3 aromatic heterocycles. The molecule has 192 valence electrons. The van der Waals surface area contributed by atoms with Gasteiger partial charge in [-0.3, -0.25) is 9.36 Å². The van der Waals surface area contributed by atoms with E-state index in [4.69, 9.17) is 16.3 Å². The first kappa shape index (κ1) is 24.6. The van der Waals surface area contributed by atoms with Gasteiger partial charge in [0.1, 0.15) is 4.75 Å². The number of anilines is 1. The molecule has 9 nitrogen and oxygen atoms in total. The van der Waals surface area contributed by atoms with E-state index in [9.17, 15) is 9.35 Å². The van der Waals surface area contributed by atoms with Gasteiger partial charge in [-0.15, -0.1) is 4.72 Å². The maximum Gasteiger partial charge on any atom is 0.268 e. The minimum absolute atomic E-state index is 0.0367. The first-order valence-electron chi connectivity index (χ1n) is 12.1. The quantitative estimate of drug-likeness (QED) is 0.499. The van der Waals surface area contributed by atoms with Crippen molar-refractivity contribution in [3.63, 3.8) is 0 Å². The monoisotopic (exact) mass is 548 g/mol. The largest absolute Gasteiger partial charge is 0.598 e. The third-order valence-corrected chi connectivity index (χ3v) is 11.1. The van der Waals surface area contributed by atoms with Crippen LogP contribution in [-0.2, 0) is 23.1 Å². The lowest BCUT2D eigenvalue weighted by Gasteiger charge is -2.46. The molecule has 3 aliphatic heterocycles. The van der Waals surface area contributed by atoms with E-state index >= 15 is 0 Å². The molecule has 36 heavy (non-hydrogen) atoms. The van der Waals surface area contributed by atoms with E-state index in [1.54, 1.807) is 28.5 Å². The third kappa shape index (κ3) is 3.95. The van der Waals surface area contributed by atoms with Gasteiger partial charge in [-0.25, -0.2) is 9.50 Å². The van der Waals surface area contributed by atoms with Gasteiger partial charge in [-0.2, -0.15) is 5.10 Å². The number of rotatable bonds is 3. The first-order valence-corrected chi connectivity index (χ1v) is 14.4. The lowest BCUT2D eigenvalue weighted by Crippen LogP contribution is -2.62. The standard InChI is InChI=1S/C24H29ClN6O3S2/c1-23(2)12-16-20(28-36(23)33)24(14-34-16)6-10-30(11-7-24)22-26-13-18(21(32)29(22)3)35-17-5-9-31-15(19(17)25)4-8-27-31/h4-5,8-9,13,16,20,28H,6-7,10-12,14H2,1-3H3/t16-,20+,36?/m0/s1.